The zero-order valence-corrected chi connectivity index (χ0v) is 12.0. The summed E-state index contributed by atoms with van der Waals surface area (Å²) in [6, 6.07) is 8.61. The van der Waals surface area contributed by atoms with Gasteiger partial charge in [-0.2, -0.15) is 5.26 Å². The van der Waals surface area contributed by atoms with Crippen molar-refractivity contribution >= 4 is 11.1 Å². The standard InChI is InChI=1S/C16H19N3O/c1-12-18-14-8-13(4-5-15(14)20-12)9-19(2)11-16(10-17)6-3-7-16/h4-5,8H,3,6-7,9,11H2,1-2H3. The summed E-state index contributed by atoms with van der Waals surface area (Å²) in [7, 11) is 2.08. The third-order valence-electron chi connectivity index (χ3n) is 4.13. The number of hydrogen-bond donors (Lipinski definition) is 0. The second kappa shape index (κ2) is 4.92. The lowest BCUT2D eigenvalue weighted by atomic mass is 9.69. The predicted molar refractivity (Wildman–Crippen MR) is 77.0 cm³/mol. The van der Waals surface area contributed by atoms with Gasteiger partial charge in [-0.15, -0.1) is 0 Å². The van der Waals surface area contributed by atoms with E-state index in [1.54, 1.807) is 0 Å². The van der Waals surface area contributed by atoms with Crippen molar-refractivity contribution in [3.63, 3.8) is 0 Å². The topological polar surface area (TPSA) is 53.1 Å². The van der Waals surface area contributed by atoms with Gasteiger partial charge in [0.1, 0.15) is 5.52 Å². The van der Waals surface area contributed by atoms with Crippen molar-refractivity contribution in [3.8, 4) is 6.07 Å². The fourth-order valence-corrected chi connectivity index (χ4v) is 2.98. The summed E-state index contributed by atoms with van der Waals surface area (Å²) in [5.41, 5.74) is 2.85. The second-order valence-electron chi connectivity index (χ2n) is 5.95. The van der Waals surface area contributed by atoms with E-state index in [0.717, 1.165) is 37.0 Å². The van der Waals surface area contributed by atoms with E-state index in [0.29, 0.717) is 5.89 Å². The van der Waals surface area contributed by atoms with Crippen LogP contribution < -0.4 is 0 Å². The van der Waals surface area contributed by atoms with Gasteiger partial charge in [0.25, 0.3) is 0 Å². The Bertz CT molecular complexity index is 664. The van der Waals surface area contributed by atoms with Gasteiger partial charge in [0.05, 0.1) is 11.5 Å². The van der Waals surface area contributed by atoms with E-state index in [9.17, 15) is 5.26 Å². The van der Waals surface area contributed by atoms with Crippen LogP contribution in [0.2, 0.25) is 0 Å². The van der Waals surface area contributed by atoms with Gasteiger partial charge in [0.2, 0.25) is 0 Å². The van der Waals surface area contributed by atoms with Crippen molar-refractivity contribution in [1.82, 2.24) is 9.88 Å². The first kappa shape index (κ1) is 13.1. The number of aryl methyl sites for hydroxylation is 1. The molecule has 1 aromatic carbocycles. The zero-order valence-electron chi connectivity index (χ0n) is 12.0. The molecule has 0 aliphatic heterocycles. The van der Waals surface area contributed by atoms with Crippen LogP contribution in [-0.2, 0) is 6.54 Å². The van der Waals surface area contributed by atoms with Gasteiger partial charge in [-0.05, 0) is 37.6 Å². The van der Waals surface area contributed by atoms with Gasteiger partial charge in [0, 0.05) is 20.0 Å². The Morgan fingerprint density at radius 1 is 1.45 bits per heavy atom. The molecule has 0 spiro atoms. The van der Waals surface area contributed by atoms with Crippen molar-refractivity contribution in [2.24, 2.45) is 5.41 Å². The maximum atomic E-state index is 9.30. The minimum absolute atomic E-state index is 0.108. The Morgan fingerprint density at radius 3 is 2.90 bits per heavy atom. The van der Waals surface area contributed by atoms with Crippen molar-refractivity contribution in [1.29, 1.82) is 5.26 Å². The number of fused-ring (bicyclic) bond motifs is 1. The van der Waals surface area contributed by atoms with Gasteiger partial charge in [-0.25, -0.2) is 4.98 Å². The Kier molecular flexibility index (Phi) is 3.23. The lowest BCUT2D eigenvalue weighted by Crippen LogP contribution is -2.39. The molecule has 4 heteroatoms. The zero-order chi connectivity index (χ0) is 14.2. The normalized spacial score (nSPS) is 17.1. The molecule has 104 valence electrons. The molecule has 0 N–H and O–H groups in total. The first-order valence-electron chi connectivity index (χ1n) is 7.06. The van der Waals surface area contributed by atoms with Crippen LogP contribution in [-0.4, -0.2) is 23.5 Å². The van der Waals surface area contributed by atoms with Crippen LogP contribution in [0.3, 0.4) is 0 Å². The molecule has 0 atom stereocenters. The Morgan fingerprint density at radius 2 is 2.25 bits per heavy atom. The minimum atomic E-state index is -0.108. The highest BCUT2D eigenvalue weighted by molar-refractivity contribution is 5.73. The van der Waals surface area contributed by atoms with E-state index < -0.39 is 0 Å². The highest BCUT2D eigenvalue weighted by Crippen LogP contribution is 2.40. The molecule has 1 saturated carbocycles. The second-order valence-corrected chi connectivity index (χ2v) is 5.95. The predicted octanol–water partition coefficient (Wildman–Crippen LogP) is 3.26. The Labute approximate surface area is 119 Å². The van der Waals surface area contributed by atoms with E-state index in [1.807, 2.05) is 13.0 Å². The summed E-state index contributed by atoms with van der Waals surface area (Å²) >= 11 is 0. The molecular formula is C16H19N3O. The molecule has 1 fully saturated rings. The lowest BCUT2D eigenvalue weighted by molar-refractivity contribution is 0.134. The van der Waals surface area contributed by atoms with Crippen molar-refractivity contribution in [2.45, 2.75) is 32.7 Å². The number of nitrogens with zero attached hydrogens (tertiary/aromatic N) is 3. The number of aromatic nitrogens is 1. The molecule has 0 amide bonds. The van der Waals surface area contributed by atoms with Gasteiger partial charge in [-0.3, -0.25) is 0 Å². The average Bonchev–Trinajstić information content (AvgIpc) is 2.73. The third-order valence-corrected chi connectivity index (χ3v) is 4.13. The van der Waals surface area contributed by atoms with E-state index in [4.69, 9.17) is 4.42 Å². The Balaban J connectivity index is 1.70. The summed E-state index contributed by atoms with van der Waals surface area (Å²) in [5.74, 6) is 0.698. The Hall–Kier alpha value is -1.86. The largest absolute Gasteiger partial charge is 0.441 e. The van der Waals surface area contributed by atoms with Crippen LogP contribution >= 0.6 is 0 Å². The molecule has 0 unspecified atom stereocenters. The summed E-state index contributed by atoms with van der Waals surface area (Å²) in [5, 5.41) is 9.30. The number of hydrogen-bond acceptors (Lipinski definition) is 4. The van der Waals surface area contributed by atoms with E-state index >= 15 is 0 Å². The lowest BCUT2D eigenvalue weighted by Gasteiger charge is -2.38. The molecule has 0 bridgehead atoms. The maximum absolute atomic E-state index is 9.30. The minimum Gasteiger partial charge on any atom is -0.441 e. The molecule has 3 rings (SSSR count). The third kappa shape index (κ3) is 2.41. The summed E-state index contributed by atoms with van der Waals surface area (Å²) in [4.78, 5) is 6.59. The fourth-order valence-electron chi connectivity index (χ4n) is 2.98. The molecule has 4 nitrogen and oxygen atoms in total. The molecule has 0 radical (unpaired) electrons. The fraction of sp³-hybridized carbons (Fsp3) is 0.500. The molecule has 1 aliphatic rings. The van der Waals surface area contributed by atoms with E-state index in [-0.39, 0.29) is 5.41 Å². The monoisotopic (exact) mass is 269 g/mol. The van der Waals surface area contributed by atoms with E-state index in [1.165, 1.54) is 12.0 Å². The number of benzene rings is 1. The van der Waals surface area contributed by atoms with Crippen LogP contribution in [0.4, 0.5) is 0 Å². The summed E-state index contributed by atoms with van der Waals surface area (Å²) < 4.78 is 5.48. The number of oxazole rings is 1. The smallest absolute Gasteiger partial charge is 0.192 e. The van der Waals surface area contributed by atoms with Crippen LogP contribution in [0.1, 0.15) is 30.7 Å². The van der Waals surface area contributed by atoms with Crippen LogP contribution in [0.15, 0.2) is 22.6 Å². The van der Waals surface area contributed by atoms with Crippen LogP contribution in [0.5, 0.6) is 0 Å². The first-order valence-corrected chi connectivity index (χ1v) is 7.06. The highest BCUT2D eigenvalue weighted by atomic mass is 16.3. The maximum Gasteiger partial charge on any atom is 0.192 e. The van der Waals surface area contributed by atoms with Crippen LogP contribution in [0.25, 0.3) is 11.1 Å². The van der Waals surface area contributed by atoms with Crippen LogP contribution in [0, 0.1) is 23.7 Å². The molecule has 1 heterocycles. The summed E-state index contributed by atoms with van der Waals surface area (Å²) in [6.07, 6.45) is 3.26. The number of nitriles is 1. The molecule has 0 saturated heterocycles. The van der Waals surface area contributed by atoms with E-state index in [2.05, 4.69) is 35.1 Å². The highest BCUT2D eigenvalue weighted by Gasteiger charge is 2.37. The molecule has 1 aromatic heterocycles. The average molecular weight is 269 g/mol. The molecule has 2 aromatic rings. The first-order chi connectivity index (χ1) is 9.60. The van der Waals surface area contributed by atoms with Crippen molar-refractivity contribution in [3.05, 3.63) is 29.7 Å². The molecule has 20 heavy (non-hydrogen) atoms. The van der Waals surface area contributed by atoms with Crippen molar-refractivity contribution < 1.29 is 4.42 Å². The van der Waals surface area contributed by atoms with Gasteiger partial charge in [-0.1, -0.05) is 12.5 Å². The molecule has 1 aliphatic carbocycles. The quantitative estimate of drug-likeness (QED) is 0.855. The SMILES string of the molecule is Cc1nc2cc(CN(C)CC3(C#N)CCC3)ccc2o1. The molecular weight excluding hydrogens is 250 g/mol. The van der Waals surface area contributed by atoms with Gasteiger partial charge < -0.3 is 9.32 Å². The van der Waals surface area contributed by atoms with Crippen molar-refractivity contribution in [2.75, 3.05) is 13.6 Å². The van der Waals surface area contributed by atoms with Gasteiger partial charge in [0.15, 0.2) is 11.5 Å². The summed E-state index contributed by atoms with van der Waals surface area (Å²) in [6.45, 7) is 3.55. The van der Waals surface area contributed by atoms with Gasteiger partial charge >= 0.3 is 0 Å². The number of rotatable bonds is 4.